The Morgan fingerprint density at radius 2 is 2.15 bits per heavy atom. The highest BCUT2D eigenvalue weighted by Crippen LogP contribution is 2.11. The molecule has 0 atom stereocenters. The number of carbonyl (C=O) groups is 1. The topological polar surface area (TPSA) is 46.5 Å². The largest absolute Gasteiger partial charge is 0.480 e. The molecule has 0 radical (unpaired) electrons. The van der Waals surface area contributed by atoms with E-state index in [1.54, 1.807) is 0 Å². The molecule has 3 nitrogen and oxygen atoms in total. The van der Waals surface area contributed by atoms with E-state index in [0.717, 1.165) is 9.13 Å². The van der Waals surface area contributed by atoms with E-state index in [4.69, 9.17) is 9.84 Å². The van der Waals surface area contributed by atoms with Crippen molar-refractivity contribution in [3.8, 4) is 0 Å². The van der Waals surface area contributed by atoms with Crippen molar-refractivity contribution in [2.45, 2.75) is 6.61 Å². The molecule has 70 valence electrons. The van der Waals surface area contributed by atoms with Gasteiger partial charge in [-0.2, -0.15) is 0 Å². The molecule has 1 rings (SSSR count). The average molecular weight is 292 g/mol. The number of benzene rings is 1. The van der Waals surface area contributed by atoms with Crippen LogP contribution in [0.2, 0.25) is 0 Å². The monoisotopic (exact) mass is 292 g/mol. The van der Waals surface area contributed by atoms with Gasteiger partial charge in [0.05, 0.1) is 6.61 Å². The molecule has 1 aromatic carbocycles. The normalized spacial score (nSPS) is 9.92. The summed E-state index contributed by atoms with van der Waals surface area (Å²) in [6.45, 7) is 0.108. The van der Waals surface area contributed by atoms with Gasteiger partial charge in [0.15, 0.2) is 0 Å². The zero-order chi connectivity index (χ0) is 9.68. The lowest BCUT2D eigenvalue weighted by Gasteiger charge is -2.03. The second-order valence-corrected chi connectivity index (χ2v) is 3.64. The lowest BCUT2D eigenvalue weighted by molar-refractivity contribution is -0.142. The quantitative estimate of drug-likeness (QED) is 0.862. The van der Waals surface area contributed by atoms with Gasteiger partial charge in [0.2, 0.25) is 0 Å². The van der Waals surface area contributed by atoms with E-state index in [0.29, 0.717) is 6.61 Å². The van der Waals surface area contributed by atoms with Crippen LogP contribution in [0, 0.1) is 3.57 Å². The maximum absolute atomic E-state index is 10.1. The molecule has 1 N–H and O–H groups in total. The van der Waals surface area contributed by atoms with Gasteiger partial charge in [-0.25, -0.2) is 4.79 Å². The Morgan fingerprint density at radius 1 is 1.46 bits per heavy atom. The SMILES string of the molecule is O=C(O)COCc1ccccc1I. The summed E-state index contributed by atoms with van der Waals surface area (Å²) in [4.78, 5) is 10.1. The van der Waals surface area contributed by atoms with Gasteiger partial charge < -0.3 is 9.84 Å². The van der Waals surface area contributed by atoms with Crippen molar-refractivity contribution in [1.82, 2.24) is 0 Å². The Morgan fingerprint density at radius 3 is 2.77 bits per heavy atom. The third-order valence-electron chi connectivity index (χ3n) is 1.44. The second-order valence-electron chi connectivity index (χ2n) is 2.48. The molecule has 0 aliphatic heterocycles. The van der Waals surface area contributed by atoms with Crippen molar-refractivity contribution in [3.63, 3.8) is 0 Å². The fourth-order valence-corrected chi connectivity index (χ4v) is 1.41. The van der Waals surface area contributed by atoms with Crippen molar-refractivity contribution in [1.29, 1.82) is 0 Å². The van der Waals surface area contributed by atoms with E-state index in [-0.39, 0.29) is 6.61 Å². The van der Waals surface area contributed by atoms with Gasteiger partial charge in [0, 0.05) is 3.57 Å². The summed E-state index contributed by atoms with van der Waals surface area (Å²) in [5.41, 5.74) is 1.02. The molecule has 0 heterocycles. The fourth-order valence-electron chi connectivity index (χ4n) is 0.864. The highest BCUT2D eigenvalue weighted by atomic mass is 127. The van der Waals surface area contributed by atoms with Gasteiger partial charge in [-0.3, -0.25) is 0 Å². The summed E-state index contributed by atoms with van der Waals surface area (Å²) < 4.78 is 6.05. The minimum atomic E-state index is -0.939. The van der Waals surface area contributed by atoms with E-state index in [1.807, 2.05) is 24.3 Å². The van der Waals surface area contributed by atoms with Crippen LogP contribution in [0.3, 0.4) is 0 Å². The van der Waals surface area contributed by atoms with E-state index in [2.05, 4.69) is 22.6 Å². The minimum Gasteiger partial charge on any atom is -0.480 e. The lowest BCUT2D eigenvalue weighted by atomic mass is 10.2. The summed E-state index contributed by atoms with van der Waals surface area (Å²) in [7, 11) is 0. The number of carboxylic acid groups (broad SMARTS) is 1. The summed E-state index contributed by atoms with van der Waals surface area (Å²) >= 11 is 2.19. The molecule has 13 heavy (non-hydrogen) atoms. The molecular weight excluding hydrogens is 283 g/mol. The van der Waals surface area contributed by atoms with Gasteiger partial charge in [-0.15, -0.1) is 0 Å². The standard InChI is InChI=1S/C9H9IO3/c10-8-4-2-1-3-7(8)5-13-6-9(11)12/h1-4H,5-6H2,(H,11,12). The van der Waals surface area contributed by atoms with Crippen molar-refractivity contribution >= 4 is 28.6 Å². The van der Waals surface area contributed by atoms with E-state index in [9.17, 15) is 4.79 Å². The number of hydrogen-bond acceptors (Lipinski definition) is 2. The van der Waals surface area contributed by atoms with Crippen molar-refractivity contribution < 1.29 is 14.6 Å². The van der Waals surface area contributed by atoms with Crippen LogP contribution in [0.25, 0.3) is 0 Å². The Kier molecular flexibility index (Phi) is 4.17. The molecule has 0 aliphatic carbocycles. The first-order chi connectivity index (χ1) is 6.20. The van der Waals surface area contributed by atoms with Crippen LogP contribution in [0.4, 0.5) is 0 Å². The van der Waals surface area contributed by atoms with Crippen molar-refractivity contribution in [3.05, 3.63) is 33.4 Å². The first kappa shape index (κ1) is 10.5. The van der Waals surface area contributed by atoms with Crippen LogP contribution in [-0.4, -0.2) is 17.7 Å². The van der Waals surface area contributed by atoms with Crippen LogP contribution in [0.5, 0.6) is 0 Å². The molecule has 0 unspecified atom stereocenters. The molecule has 0 spiro atoms. The number of ether oxygens (including phenoxy) is 1. The number of aliphatic carboxylic acids is 1. The zero-order valence-corrected chi connectivity index (χ0v) is 9.02. The van der Waals surface area contributed by atoms with Crippen LogP contribution in [0.1, 0.15) is 5.56 Å². The molecule has 0 bridgehead atoms. The second kappa shape index (κ2) is 5.18. The van der Waals surface area contributed by atoms with Crippen LogP contribution in [-0.2, 0) is 16.1 Å². The minimum absolute atomic E-state index is 0.245. The first-order valence-corrected chi connectivity index (χ1v) is 4.81. The van der Waals surface area contributed by atoms with Gasteiger partial charge in [-0.05, 0) is 34.2 Å². The summed E-state index contributed by atoms with van der Waals surface area (Å²) in [5, 5.41) is 8.33. The number of halogens is 1. The molecule has 0 fully saturated rings. The zero-order valence-electron chi connectivity index (χ0n) is 6.87. The maximum Gasteiger partial charge on any atom is 0.329 e. The average Bonchev–Trinajstić information content (AvgIpc) is 2.08. The van der Waals surface area contributed by atoms with Gasteiger partial charge in [-0.1, -0.05) is 18.2 Å². The van der Waals surface area contributed by atoms with Gasteiger partial charge in [0.25, 0.3) is 0 Å². The molecule has 1 aromatic rings. The number of carboxylic acids is 1. The number of hydrogen-bond donors (Lipinski definition) is 1. The molecular formula is C9H9IO3. The summed E-state index contributed by atoms with van der Waals surface area (Å²) in [6, 6.07) is 7.72. The molecule has 0 aromatic heterocycles. The van der Waals surface area contributed by atoms with E-state index in [1.165, 1.54) is 0 Å². The third-order valence-corrected chi connectivity index (χ3v) is 2.49. The van der Waals surface area contributed by atoms with Crippen molar-refractivity contribution in [2.75, 3.05) is 6.61 Å². The van der Waals surface area contributed by atoms with Crippen LogP contribution >= 0.6 is 22.6 Å². The third kappa shape index (κ3) is 3.73. The molecule has 0 saturated heterocycles. The Labute approximate surface area is 89.9 Å². The fraction of sp³-hybridized carbons (Fsp3) is 0.222. The lowest BCUT2D eigenvalue weighted by Crippen LogP contribution is -2.07. The number of rotatable bonds is 4. The molecule has 0 saturated carbocycles. The highest BCUT2D eigenvalue weighted by molar-refractivity contribution is 14.1. The molecule has 0 aliphatic rings. The first-order valence-electron chi connectivity index (χ1n) is 3.73. The van der Waals surface area contributed by atoms with Crippen molar-refractivity contribution in [2.24, 2.45) is 0 Å². The summed E-state index contributed by atoms with van der Waals surface area (Å²) in [6.07, 6.45) is 0. The Hall–Kier alpha value is -0.620. The van der Waals surface area contributed by atoms with E-state index < -0.39 is 5.97 Å². The predicted molar refractivity (Wildman–Crippen MR) is 56.5 cm³/mol. The van der Waals surface area contributed by atoms with Crippen LogP contribution in [0.15, 0.2) is 24.3 Å². The highest BCUT2D eigenvalue weighted by Gasteiger charge is 2.00. The van der Waals surface area contributed by atoms with Gasteiger partial charge in [0.1, 0.15) is 6.61 Å². The smallest absolute Gasteiger partial charge is 0.329 e. The van der Waals surface area contributed by atoms with E-state index >= 15 is 0 Å². The maximum atomic E-state index is 10.1. The molecule has 4 heteroatoms. The summed E-state index contributed by atoms with van der Waals surface area (Å²) in [5.74, 6) is -0.939. The molecule has 0 amide bonds. The Bertz CT molecular complexity index is 299. The van der Waals surface area contributed by atoms with Crippen LogP contribution < -0.4 is 0 Å². The Balaban J connectivity index is 2.45. The van der Waals surface area contributed by atoms with Gasteiger partial charge >= 0.3 is 5.97 Å². The predicted octanol–water partition coefficient (Wildman–Crippen LogP) is 1.89.